The van der Waals surface area contributed by atoms with Gasteiger partial charge in [0.05, 0.1) is 17.0 Å². The van der Waals surface area contributed by atoms with Crippen molar-refractivity contribution in [3.63, 3.8) is 0 Å². The number of hydrogen-bond acceptors (Lipinski definition) is 7. The fraction of sp³-hybridized carbons (Fsp3) is 0.238. The van der Waals surface area contributed by atoms with E-state index in [1.165, 1.54) is 24.2 Å². The molecule has 1 aliphatic carbocycles. The molecular weight excluding hydrogens is 434 g/mol. The number of rotatable bonds is 8. The molecule has 0 saturated heterocycles. The molecule has 9 heteroatoms. The summed E-state index contributed by atoms with van der Waals surface area (Å²) in [6.07, 6.45) is 2.65. The SMILES string of the molecule is O=C(Cc1nc(CSc2nnc(-c3cccs3)n2C2CC2)cs1)Nc1ccccc1. The highest BCUT2D eigenvalue weighted by atomic mass is 32.2. The zero-order chi connectivity index (χ0) is 20.3. The van der Waals surface area contributed by atoms with Crippen LogP contribution in [-0.2, 0) is 17.0 Å². The Labute approximate surface area is 186 Å². The van der Waals surface area contributed by atoms with E-state index in [-0.39, 0.29) is 12.3 Å². The number of nitrogens with zero attached hydrogens (tertiary/aromatic N) is 4. The molecule has 0 spiro atoms. The lowest BCUT2D eigenvalue weighted by Crippen LogP contribution is -2.14. The normalized spacial score (nSPS) is 13.5. The van der Waals surface area contributed by atoms with Gasteiger partial charge in [-0.05, 0) is 36.4 Å². The van der Waals surface area contributed by atoms with E-state index in [4.69, 9.17) is 0 Å². The van der Waals surface area contributed by atoms with Gasteiger partial charge in [0.1, 0.15) is 5.01 Å². The van der Waals surface area contributed by atoms with Gasteiger partial charge in [0.15, 0.2) is 11.0 Å². The number of para-hydroxylation sites is 1. The molecule has 30 heavy (non-hydrogen) atoms. The Morgan fingerprint density at radius 2 is 2.00 bits per heavy atom. The van der Waals surface area contributed by atoms with Crippen LogP contribution in [0.15, 0.2) is 58.4 Å². The lowest BCUT2D eigenvalue weighted by atomic mass is 10.3. The minimum absolute atomic E-state index is 0.0520. The number of carbonyl (C=O) groups is 1. The summed E-state index contributed by atoms with van der Waals surface area (Å²) in [6.45, 7) is 0. The van der Waals surface area contributed by atoms with Crippen LogP contribution in [-0.4, -0.2) is 25.7 Å². The van der Waals surface area contributed by atoms with Gasteiger partial charge in [0.25, 0.3) is 0 Å². The van der Waals surface area contributed by atoms with E-state index in [1.807, 2.05) is 41.8 Å². The van der Waals surface area contributed by atoms with Crippen molar-refractivity contribution in [3.05, 3.63) is 63.9 Å². The molecule has 0 radical (unpaired) electrons. The summed E-state index contributed by atoms with van der Waals surface area (Å²) in [5.41, 5.74) is 1.77. The Balaban J connectivity index is 1.22. The standard InChI is InChI=1S/C21H19N5OS3/c27-18(22-14-5-2-1-3-6-14)11-19-23-15(12-29-19)13-30-21-25-24-20(17-7-4-10-28-17)26(21)16-8-9-16/h1-7,10,12,16H,8-9,11,13H2,(H,22,27). The smallest absolute Gasteiger partial charge is 0.231 e. The first kappa shape index (κ1) is 19.5. The van der Waals surface area contributed by atoms with E-state index < -0.39 is 0 Å². The fourth-order valence-electron chi connectivity index (χ4n) is 3.11. The van der Waals surface area contributed by atoms with Gasteiger partial charge in [-0.3, -0.25) is 9.36 Å². The summed E-state index contributed by atoms with van der Waals surface area (Å²) < 4.78 is 2.27. The second-order valence-electron chi connectivity index (χ2n) is 7.00. The average Bonchev–Trinajstić information content (AvgIpc) is 3.13. The molecule has 1 saturated carbocycles. The van der Waals surface area contributed by atoms with Crippen LogP contribution in [0.5, 0.6) is 0 Å². The fourth-order valence-corrected chi connectivity index (χ4v) is 5.61. The van der Waals surface area contributed by atoms with Crippen LogP contribution >= 0.6 is 34.4 Å². The molecule has 5 rings (SSSR count). The highest BCUT2D eigenvalue weighted by molar-refractivity contribution is 7.98. The molecule has 1 fully saturated rings. The molecule has 0 unspecified atom stereocenters. The summed E-state index contributed by atoms with van der Waals surface area (Å²) in [7, 11) is 0. The van der Waals surface area contributed by atoms with Crippen molar-refractivity contribution in [1.82, 2.24) is 19.7 Å². The summed E-state index contributed by atoms with van der Waals surface area (Å²) in [5, 5.41) is 17.7. The topological polar surface area (TPSA) is 72.7 Å². The lowest BCUT2D eigenvalue weighted by Gasteiger charge is -2.07. The molecule has 6 nitrogen and oxygen atoms in total. The van der Waals surface area contributed by atoms with Crippen molar-refractivity contribution < 1.29 is 4.79 Å². The van der Waals surface area contributed by atoms with Gasteiger partial charge >= 0.3 is 0 Å². The quantitative estimate of drug-likeness (QED) is 0.368. The highest BCUT2D eigenvalue weighted by Gasteiger charge is 2.30. The van der Waals surface area contributed by atoms with Gasteiger partial charge < -0.3 is 5.32 Å². The zero-order valence-electron chi connectivity index (χ0n) is 16.0. The maximum Gasteiger partial charge on any atom is 0.231 e. The molecule has 3 aromatic heterocycles. The Kier molecular flexibility index (Phi) is 5.65. The van der Waals surface area contributed by atoms with Crippen LogP contribution in [0, 0.1) is 0 Å². The van der Waals surface area contributed by atoms with Crippen molar-refractivity contribution in [1.29, 1.82) is 0 Å². The van der Waals surface area contributed by atoms with Gasteiger partial charge in [-0.15, -0.1) is 32.9 Å². The average molecular weight is 454 g/mol. The minimum atomic E-state index is -0.0520. The lowest BCUT2D eigenvalue weighted by molar-refractivity contribution is -0.115. The van der Waals surface area contributed by atoms with Gasteiger partial charge in [0.2, 0.25) is 5.91 Å². The molecule has 1 aromatic carbocycles. The van der Waals surface area contributed by atoms with E-state index >= 15 is 0 Å². The van der Waals surface area contributed by atoms with Gasteiger partial charge in [-0.1, -0.05) is 36.0 Å². The second-order valence-corrected chi connectivity index (χ2v) is 9.83. The van der Waals surface area contributed by atoms with Crippen LogP contribution in [0.4, 0.5) is 5.69 Å². The van der Waals surface area contributed by atoms with Crippen molar-refractivity contribution in [2.24, 2.45) is 0 Å². The summed E-state index contributed by atoms with van der Waals surface area (Å²) in [6, 6.07) is 14.1. The summed E-state index contributed by atoms with van der Waals surface area (Å²) >= 11 is 4.87. The van der Waals surface area contributed by atoms with Crippen molar-refractivity contribution in [2.45, 2.75) is 36.2 Å². The van der Waals surface area contributed by atoms with E-state index in [0.29, 0.717) is 11.8 Å². The minimum Gasteiger partial charge on any atom is -0.326 e. The van der Waals surface area contributed by atoms with Crippen molar-refractivity contribution >= 4 is 46.0 Å². The van der Waals surface area contributed by atoms with E-state index in [2.05, 4.69) is 36.5 Å². The Morgan fingerprint density at radius 1 is 1.13 bits per heavy atom. The van der Waals surface area contributed by atoms with Crippen LogP contribution in [0.25, 0.3) is 10.7 Å². The van der Waals surface area contributed by atoms with Crippen molar-refractivity contribution in [3.8, 4) is 10.7 Å². The third-order valence-corrected chi connectivity index (χ3v) is 7.38. The number of amides is 1. The molecule has 152 valence electrons. The number of aromatic nitrogens is 4. The van der Waals surface area contributed by atoms with Crippen LogP contribution < -0.4 is 5.32 Å². The van der Waals surface area contributed by atoms with Crippen LogP contribution in [0.1, 0.15) is 29.6 Å². The maximum absolute atomic E-state index is 12.2. The third-order valence-electron chi connectivity index (χ3n) is 4.64. The molecular formula is C21H19N5OS3. The predicted octanol–water partition coefficient (Wildman–Crippen LogP) is 5.27. The number of thiazole rings is 1. The zero-order valence-corrected chi connectivity index (χ0v) is 18.5. The van der Waals surface area contributed by atoms with Crippen LogP contribution in [0.2, 0.25) is 0 Å². The Bertz CT molecular complexity index is 1130. The first-order valence-electron chi connectivity index (χ1n) is 9.66. The predicted molar refractivity (Wildman–Crippen MR) is 122 cm³/mol. The molecule has 1 amide bonds. The van der Waals surface area contributed by atoms with Crippen molar-refractivity contribution in [2.75, 3.05) is 5.32 Å². The second kappa shape index (κ2) is 8.71. The van der Waals surface area contributed by atoms with Crippen LogP contribution in [0.3, 0.4) is 0 Å². The number of anilines is 1. The van der Waals surface area contributed by atoms with Gasteiger partial charge in [0, 0.05) is 22.9 Å². The summed E-state index contributed by atoms with van der Waals surface area (Å²) in [5.74, 6) is 1.63. The van der Waals surface area contributed by atoms with Gasteiger partial charge in [-0.25, -0.2) is 4.98 Å². The number of hydrogen-bond donors (Lipinski definition) is 1. The van der Waals surface area contributed by atoms with Gasteiger partial charge in [-0.2, -0.15) is 0 Å². The molecule has 3 heterocycles. The third kappa shape index (κ3) is 4.48. The first-order chi connectivity index (χ1) is 14.8. The molecule has 4 aromatic rings. The summed E-state index contributed by atoms with van der Waals surface area (Å²) in [4.78, 5) is 18.0. The maximum atomic E-state index is 12.2. The monoisotopic (exact) mass is 453 g/mol. The molecule has 0 aliphatic heterocycles. The van der Waals surface area contributed by atoms with E-state index in [0.717, 1.165) is 32.2 Å². The first-order valence-corrected chi connectivity index (χ1v) is 12.4. The number of carbonyl (C=O) groups excluding carboxylic acids is 1. The number of benzene rings is 1. The largest absolute Gasteiger partial charge is 0.326 e. The molecule has 0 atom stereocenters. The Hall–Kier alpha value is -2.49. The highest BCUT2D eigenvalue weighted by Crippen LogP contribution is 2.42. The number of thioether (sulfide) groups is 1. The number of nitrogens with one attached hydrogen (secondary N) is 1. The molecule has 1 N–H and O–H groups in total. The number of thiophene rings is 1. The molecule has 1 aliphatic rings. The Morgan fingerprint density at radius 3 is 2.77 bits per heavy atom. The van der Waals surface area contributed by atoms with E-state index in [1.54, 1.807) is 23.1 Å². The molecule has 0 bridgehead atoms. The van der Waals surface area contributed by atoms with E-state index in [9.17, 15) is 4.79 Å².